The normalized spacial score (nSPS) is 20.1. The van der Waals surface area contributed by atoms with Crippen molar-refractivity contribution in [2.24, 2.45) is 0 Å². The number of ether oxygens (including phenoxy) is 1. The molecule has 2 atom stereocenters. The van der Waals surface area contributed by atoms with E-state index in [9.17, 15) is 23.6 Å². The fraction of sp³-hybridized carbons (Fsp3) is 0.360. The smallest absolute Gasteiger partial charge is 0.254 e. The molecular formula is C25H27FN4O5. The first-order valence-corrected chi connectivity index (χ1v) is 11.5. The van der Waals surface area contributed by atoms with Crippen LogP contribution in [0.4, 0.5) is 4.39 Å². The molecule has 0 unspecified atom stereocenters. The van der Waals surface area contributed by atoms with Crippen LogP contribution in [0.1, 0.15) is 33.6 Å². The number of nitrogens with one attached hydrogen (secondary N) is 2. The van der Waals surface area contributed by atoms with Gasteiger partial charge in [0.1, 0.15) is 23.7 Å². The van der Waals surface area contributed by atoms with Crippen LogP contribution in [0, 0.1) is 5.82 Å². The van der Waals surface area contributed by atoms with Crippen LogP contribution in [0.2, 0.25) is 0 Å². The standard InChI is InChI=1S/C25H27FN4O5/c1-35-19-9-7-16(8-10-19)25(34)30-13-12-29(24(33)17-4-2-5-18(26)14-17)15-21(30)23(32)28-20-6-3-11-27-22(20)31/h2,4-5,7-10,14,20-21H,3,6,11-13,15H2,1H3,(H,27,31)(H,28,32)/t20-,21+/m0/s1. The Balaban J connectivity index is 1.57. The number of carbonyl (C=O) groups excluding carboxylic acids is 4. The third kappa shape index (κ3) is 5.42. The van der Waals surface area contributed by atoms with Crippen molar-refractivity contribution >= 4 is 23.6 Å². The first-order valence-electron chi connectivity index (χ1n) is 11.5. The van der Waals surface area contributed by atoms with Crippen LogP contribution in [0.25, 0.3) is 0 Å². The Hall–Kier alpha value is -3.95. The van der Waals surface area contributed by atoms with E-state index in [1.165, 1.54) is 35.1 Å². The summed E-state index contributed by atoms with van der Waals surface area (Å²) in [6, 6.07) is 10.1. The number of nitrogens with zero attached hydrogens (tertiary/aromatic N) is 2. The fourth-order valence-corrected chi connectivity index (χ4v) is 4.32. The van der Waals surface area contributed by atoms with E-state index in [1.807, 2.05) is 0 Å². The van der Waals surface area contributed by atoms with Crippen molar-refractivity contribution in [2.45, 2.75) is 24.9 Å². The second-order valence-electron chi connectivity index (χ2n) is 8.50. The van der Waals surface area contributed by atoms with Gasteiger partial charge in [-0.3, -0.25) is 19.2 Å². The predicted molar refractivity (Wildman–Crippen MR) is 124 cm³/mol. The minimum absolute atomic E-state index is 0.0859. The van der Waals surface area contributed by atoms with Crippen molar-refractivity contribution in [3.05, 3.63) is 65.5 Å². The lowest BCUT2D eigenvalue weighted by Crippen LogP contribution is -2.63. The molecule has 4 rings (SSSR count). The molecule has 10 heteroatoms. The number of methoxy groups -OCH3 is 1. The van der Waals surface area contributed by atoms with E-state index >= 15 is 0 Å². The van der Waals surface area contributed by atoms with E-state index in [4.69, 9.17) is 4.74 Å². The van der Waals surface area contributed by atoms with E-state index in [0.717, 1.165) is 12.5 Å². The summed E-state index contributed by atoms with van der Waals surface area (Å²) in [5, 5.41) is 5.46. The second-order valence-corrected chi connectivity index (χ2v) is 8.50. The molecule has 2 saturated heterocycles. The lowest BCUT2D eigenvalue weighted by molar-refractivity contribution is -0.133. The average molecular weight is 483 g/mol. The van der Waals surface area contributed by atoms with Gasteiger partial charge in [-0.25, -0.2) is 4.39 Å². The first-order chi connectivity index (χ1) is 16.9. The molecule has 2 aromatic carbocycles. The number of hydrogen-bond acceptors (Lipinski definition) is 5. The highest BCUT2D eigenvalue weighted by molar-refractivity contribution is 6.00. The quantitative estimate of drug-likeness (QED) is 0.666. The molecule has 0 aliphatic carbocycles. The lowest BCUT2D eigenvalue weighted by Gasteiger charge is -2.41. The molecule has 2 N–H and O–H groups in total. The van der Waals surface area contributed by atoms with E-state index in [2.05, 4.69) is 10.6 Å². The Morgan fingerprint density at radius 3 is 2.51 bits per heavy atom. The summed E-state index contributed by atoms with van der Waals surface area (Å²) in [5.74, 6) is -1.56. The predicted octanol–water partition coefficient (Wildman–Crippen LogP) is 1.20. The number of hydrogen-bond donors (Lipinski definition) is 2. The van der Waals surface area contributed by atoms with Crippen molar-refractivity contribution in [1.82, 2.24) is 20.4 Å². The van der Waals surface area contributed by atoms with Crippen LogP contribution in [0.15, 0.2) is 48.5 Å². The topological polar surface area (TPSA) is 108 Å². The van der Waals surface area contributed by atoms with Gasteiger partial charge in [0, 0.05) is 30.8 Å². The highest BCUT2D eigenvalue weighted by atomic mass is 19.1. The Bertz CT molecular complexity index is 1120. The minimum Gasteiger partial charge on any atom is -0.497 e. The second kappa shape index (κ2) is 10.5. The number of piperidine rings is 1. The molecule has 0 spiro atoms. The lowest BCUT2D eigenvalue weighted by atomic mass is 10.0. The summed E-state index contributed by atoms with van der Waals surface area (Å²) >= 11 is 0. The average Bonchev–Trinajstić information content (AvgIpc) is 2.89. The van der Waals surface area contributed by atoms with Crippen LogP contribution in [0.3, 0.4) is 0 Å². The van der Waals surface area contributed by atoms with E-state index in [1.54, 1.807) is 24.3 Å². The van der Waals surface area contributed by atoms with Crippen molar-refractivity contribution in [3.63, 3.8) is 0 Å². The highest BCUT2D eigenvalue weighted by Crippen LogP contribution is 2.20. The molecule has 2 fully saturated rings. The Labute approximate surface area is 202 Å². The summed E-state index contributed by atoms with van der Waals surface area (Å²) in [5.41, 5.74) is 0.523. The van der Waals surface area contributed by atoms with Crippen molar-refractivity contribution < 1.29 is 28.3 Å². The van der Waals surface area contributed by atoms with E-state index in [0.29, 0.717) is 24.3 Å². The molecule has 35 heavy (non-hydrogen) atoms. The number of piperazine rings is 1. The molecule has 4 amide bonds. The van der Waals surface area contributed by atoms with E-state index in [-0.39, 0.29) is 37.0 Å². The number of amides is 4. The van der Waals surface area contributed by atoms with Crippen LogP contribution in [-0.2, 0) is 9.59 Å². The maximum absolute atomic E-state index is 13.7. The molecule has 2 aromatic rings. The minimum atomic E-state index is -1.02. The van der Waals surface area contributed by atoms with Gasteiger partial charge in [0.25, 0.3) is 11.8 Å². The van der Waals surface area contributed by atoms with Gasteiger partial charge < -0.3 is 25.2 Å². The Kier molecular flexibility index (Phi) is 7.28. The molecule has 0 bridgehead atoms. The first kappa shape index (κ1) is 24.2. The summed E-state index contributed by atoms with van der Waals surface area (Å²) in [7, 11) is 1.52. The van der Waals surface area contributed by atoms with Crippen LogP contribution in [-0.4, -0.2) is 78.8 Å². The van der Waals surface area contributed by atoms with Gasteiger partial charge >= 0.3 is 0 Å². The zero-order valence-corrected chi connectivity index (χ0v) is 19.3. The van der Waals surface area contributed by atoms with Gasteiger partial charge in [-0.15, -0.1) is 0 Å². The SMILES string of the molecule is COc1ccc(C(=O)N2CCN(C(=O)c3cccc(F)c3)C[C@@H]2C(=O)N[C@H]2CCCNC2=O)cc1. The maximum atomic E-state index is 13.7. The maximum Gasteiger partial charge on any atom is 0.254 e. The third-order valence-electron chi connectivity index (χ3n) is 6.24. The Morgan fingerprint density at radius 1 is 1.06 bits per heavy atom. The summed E-state index contributed by atoms with van der Waals surface area (Å²) < 4.78 is 18.8. The van der Waals surface area contributed by atoms with Crippen LogP contribution in [0.5, 0.6) is 5.75 Å². The summed E-state index contributed by atoms with van der Waals surface area (Å²) in [6.07, 6.45) is 1.21. The number of halogens is 1. The number of benzene rings is 2. The van der Waals surface area contributed by atoms with Gasteiger partial charge in [0.15, 0.2) is 0 Å². The van der Waals surface area contributed by atoms with Gasteiger partial charge in [0.05, 0.1) is 13.7 Å². The van der Waals surface area contributed by atoms with Crippen LogP contribution >= 0.6 is 0 Å². The molecule has 0 aromatic heterocycles. The molecule has 2 aliphatic heterocycles. The zero-order valence-electron chi connectivity index (χ0n) is 19.3. The Morgan fingerprint density at radius 2 is 1.83 bits per heavy atom. The third-order valence-corrected chi connectivity index (χ3v) is 6.24. The van der Waals surface area contributed by atoms with E-state index < -0.39 is 29.7 Å². The molecule has 0 radical (unpaired) electrons. The zero-order chi connectivity index (χ0) is 24.9. The van der Waals surface area contributed by atoms with Gasteiger partial charge in [-0.05, 0) is 55.3 Å². The van der Waals surface area contributed by atoms with Crippen LogP contribution < -0.4 is 15.4 Å². The largest absolute Gasteiger partial charge is 0.497 e. The molecule has 184 valence electrons. The number of rotatable bonds is 5. The molecule has 0 saturated carbocycles. The molecular weight excluding hydrogens is 455 g/mol. The summed E-state index contributed by atoms with van der Waals surface area (Å²) in [4.78, 5) is 54.7. The van der Waals surface area contributed by atoms with Crippen molar-refractivity contribution in [2.75, 3.05) is 33.3 Å². The molecule has 2 aliphatic rings. The fourth-order valence-electron chi connectivity index (χ4n) is 4.32. The highest BCUT2D eigenvalue weighted by Gasteiger charge is 2.39. The van der Waals surface area contributed by atoms with Gasteiger partial charge in [0.2, 0.25) is 11.8 Å². The van der Waals surface area contributed by atoms with Gasteiger partial charge in [-0.1, -0.05) is 6.07 Å². The number of carbonyl (C=O) groups is 4. The molecule has 2 heterocycles. The van der Waals surface area contributed by atoms with Crippen molar-refractivity contribution in [3.8, 4) is 5.75 Å². The van der Waals surface area contributed by atoms with Crippen molar-refractivity contribution in [1.29, 1.82) is 0 Å². The van der Waals surface area contributed by atoms with Gasteiger partial charge in [-0.2, -0.15) is 0 Å². The summed E-state index contributed by atoms with van der Waals surface area (Å²) in [6.45, 7) is 0.732. The molecule has 9 nitrogen and oxygen atoms in total. The monoisotopic (exact) mass is 482 g/mol.